The van der Waals surface area contributed by atoms with Gasteiger partial charge in [-0.3, -0.25) is 4.79 Å². The van der Waals surface area contributed by atoms with Crippen molar-refractivity contribution in [3.63, 3.8) is 0 Å². The molecule has 0 spiro atoms. The van der Waals surface area contributed by atoms with Crippen molar-refractivity contribution in [3.8, 4) is 0 Å². The van der Waals surface area contributed by atoms with Crippen molar-refractivity contribution in [2.24, 2.45) is 0 Å². The Kier molecular flexibility index (Phi) is 6.55. The van der Waals surface area contributed by atoms with Gasteiger partial charge in [0.25, 0.3) is 5.91 Å². The molecular formula is C20H23NO3. The third-order valence-electron chi connectivity index (χ3n) is 3.60. The fourth-order valence-electron chi connectivity index (χ4n) is 2.52. The molecule has 1 amide bonds. The van der Waals surface area contributed by atoms with Crippen LogP contribution in [0.25, 0.3) is 0 Å². The highest BCUT2D eigenvalue weighted by Gasteiger charge is 2.10. The van der Waals surface area contributed by atoms with Crippen molar-refractivity contribution in [1.82, 2.24) is 5.32 Å². The van der Waals surface area contributed by atoms with Crippen molar-refractivity contribution < 1.29 is 14.3 Å². The topological polar surface area (TPSA) is 55.4 Å². The summed E-state index contributed by atoms with van der Waals surface area (Å²) in [4.78, 5) is 23.7. The lowest BCUT2D eigenvalue weighted by Gasteiger charge is -2.08. The first-order chi connectivity index (χ1) is 11.5. The number of hydrogen-bond acceptors (Lipinski definition) is 3. The maximum Gasteiger partial charge on any atom is 0.338 e. The number of amides is 1. The first-order valence-electron chi connectivity index (χ1n) is 8.10. The molecule has 24 heavy (non-hydrogen) atoms. The number of carbonyl (C=O) groups excluding carboxylic acids is 2. The van der Waals surface area contributed by atoms with E-state index < -0.39 is 5.97 Å². The number of nitrogens with one attached hydrogen (secondary N) is 1. The van der Waals surface area contributed by atoms with Gasteiger partial charge in [0, 0.05) is 6.54 Å². The van der Waals surface area contributed by atoms with Gasteiger partial charge in [-0.15, -0.1) is 0 Å². The number of aryl methyl sites for hydroxylation is 3. The molecule has 4 heteroatoms. The van der Waals surface area contributed by atoms with Crippen LogP contribution in [0.2, 0.25) is 0 Å². The summed E-state index contributed by atoms with van der Waals surface area (Å²) in [5.74, 6) is -0.748. The van der Waals surface area contributed by atoms with Gasteiger partial charge >= 0.3 is 5.97 Å². The SMILES string of the molecule is Cc1cc(C)cc(C(=O)OCC(=O)NCCCc2ccccc2)c1. The van der Waals surface area contributed by atoms with Gasteiger partial charge in [-0.25, -0.2) is 4.79 Å². The Morgan fingerprint density at radius 1 is 1.00 bits per heavy atom. The van der Waals surface area contributed by atoms with Gasteiger partial charge in [-0.2, -0.15) is 0 Å². The highest BCUT2D eigenvalue weighted by molar-refractivity contribution is 5.91. The third-order valence-corrected chi connectivity index (χ3v) is 3.60. The van der Waals surface area contributed by atoms with E-state index in [1.165, 1.54) is 5.56 Å². The second-order valence-corrected chi connectivity index (χ2v) is 5.89. The van der Waals surface area contributed by atoms with Gasteiger partial charge in [-0.05, 0) is 44.4 Å². The number of ether oxygens (including phenoxy) is 1. The van der Waals surface area contributed by atoms with Crippen molar-refractivity contribution in [2.45, 2.75) is 26.7 Å². The van der Waals surface area contributed by atoms with Crippen LogP contribution in [0, 0.1) is 13.8 Å². The van der Waals surface area contributed by atoms with Crippen LogP contribution >= 0.6 is 0 Å². The Balaban J connectivity index is 1.68. The van der Waals surface area contributed by atoms with Crippen LogP contribution in [0.1, 0.15) is 33.5 Å². The number of esters is 1. The smallest absolute Gasteiger partial charge is 0.338 e. The molecule has 0 unspecified atom stereocenters. The van der Waals surface area contributed by atoms with E-state index in [-0.39, 0.29) is 12.5 Å². The molecule has 2 rings (SSSR count). The van der Waals surface area contributed by atoms with Gasteiger partial charge in [0.15, 0.2) is 6.61 Å². The highest BCUT2D eigenvalue weighted by Crippen LogP contribution is 2.10. The molecule has 0 atom stereocenters. The molecule has 2 aromatic rings. The van der Waals surface area contributed by atoms with Crippen LogP contribution in [0.5, 0.6) is 0 Å². The molecule has 4 nitrogen and oxygen atoms in total. The summed E-state index contributed by atoms with van der Waals surface area (Å²) >= 11 is 0. The molecular weight excluding hydrogens is 302 g/mol. The van der Waals surface area contributed by atoms with E-state index in [0.29, 0.717) is 12.1 Å². The molecule has 0 aromatic heterocycles. The van der Waals surface area contributed by atoms with Crippen LogP contribution in [0.4, 0.5) is 0 Å². The molecule has 0 aliphatic rings. The summed E-state index contributed by atoms with van der Waals surface area (Å²) in [5, 5.41) is 2.77. The molecule has 0 saturated heterocycles. The fourth-order valence-corrected chi connectivity index (χ4v) is 2.52. The maximum atomic E-state index is 12.0. The van der Waals surface area contributed by atoms with Gasteiger partial charge in [0.1, 0.15) is 0 Å². The second-order valence-electron chi connectivity index (χ2n) is 5.89. The minimum Gasteiger partial charge on any atom is -0.452 e. The molecule has 0 heterocycles. The normalized spacial score (nSPS) is 10.2. The van der Waals surface area contributed by atoms with Crippen LogP contribution < -0.4 is 5.32 Å². The van der Waals surface area contributed by atoms with E-state index in [2.05, 4.69) is 17.4 Å². The maximum absolute atomic E-state index is 12.0. The van der Waals surface area contributed by atoms with E-state index in [1.54, 1.807) is 12.1 Å². The van der Waals surface area contributed by atoms with Crippen LogP contribution in [-0.2, 0) is 16.0 Å². The lowest BCUT2D eigenvalue weighted by Crippen LogP contribution is -2.29. The average molecular weight is 325 g/mol. The van der Waals surface area contributed by atoms with Crippen molar-refractivity contribution >= 4 is 11.9 Å². The van der Waals surface area contributed by atoms with Crippen LogP contribution in [0.3, 0.4) is 0 Å². The molecule has 0 bridgehead atoms. The largest absolute Gasteiger partial charge is 0.452 e. The lowest BCUT2D eigenvalue weighted by atomic mass is 10.1. The van der Waals surface area contributed by atoms with Crippen LogP contribution in [-0.4, -0.2) is 25.0 Å². The summed E-state index contributed by atoms with van der Waals surface area (Å²) in [7, 11) is 0. The van der Waals surface area contributed by atoms with E-state index in [9.17, 15) is 9.59 Å². The summed E-state index contributed by atoms with van der Waals surface area (Å²) in [6, 6.07) is 15.6. The zero-order valence-electron chi connectivity index (χ0n) is 14.2. The minimum absolute atomic E-state index is 0.253. The molecule has 2 aromatic carbocycles. The second kappa shape index (κ2) is 8.87. The zero-order valence-corrected chi connectivity index (χ0v) is 14.2. The van der Waals surface area contributed by atoms with Gasteiger partial charge < -0.3 is 10.1 Å². The number of hydrogen-bond donors (Lipinski definition) is 1. The minimum atomic E-state index is -0.471. The predicted octanol–water partition coefficient (Wildman–Crippen LogP) is 3.21. The molecule has 1 N–H and O–H groups in total. The molecule has 0 fully saturated rings. The fraction of sp³-hybridized carbons (Fsp3) is 0.300. The first-order valence-corrected chi connectivity index (χ1v) is 8.10. The van der Waals surface area contributed by atoms with E-state index in [4.69, 9.17) is 4.74 Å². The van der Waals surface area contributed by atoms with E-state index >= 15 is 0 Å². The summed E-state index contributed by atoms with van der Waals surface area (Å²) in [6.07, 6.45) is 1.75. The zero-order chi connectivity index (χ0) is 17.4. The quantitative estimate of drug-likeness (QED) is 0.628. The van der Waals surface area contributed by atoms with Gasteiger partial charge in [-0.1, -0.05) is 47.5 Å². The predicted molar refractivity (Wildman–Crippen MR) is 94.0 cm³/mol. The summed E-state index contributed by atoms with van der Waals surface area (Å²) in [6.45, 7) is 4.15. The molecule has 0 aliphatic carbocycles. The van der Waals surface area contributed by atoms with Gasteiger partial charge in [0.05, 0.1) is 5.56 Å². The lowest BCUT2D eigenvalue weighted by molar-refractivity contribution is -0.124. The standard InChI is InChI=1S/C20H23NO3/c1-15-11-16(2)13-18(12-15)20(23)24-14-19(22)21-10-6-9-17-7-4-3-5-8-17/h3-5,7-8,11-13H,6,9-10,14H2,1-2H3,(H,21,22). The van der Waals surface area contributed by atoms with Crippen LogP contribution in [0.15, 0.2) is 48.5 Å². The Labute approximate surface area is 142 Å². The average Bonchev–Trinajstić information content (AvgIpc) is 2.56. The molecule has 0 radical (unpaired) electrons. The van der Waals surface area contributed by atoms with Gasteiger partial charge in [0.2, 0.25) is 0 Å². The van der Waals surface area contributed by atoms with E-state index in [1.807, 2.05) is 38.1 Å². The van der Waals surface area contributed by atoms with Crippen molar-refractivity contribution in [2.75, 3.05) is 13.2 Å². The Bertz CT molecular complexity index is 675. The summed E-state index contributed by atoms with van der Waals surface area (Å²) < 4.78 is 5.06. The summed E-state index contributed by atoms with van der Waals surface area (Å²) in [5.41, 5.74) is 3.71. The molecule has 0 aliphatic heterocycles. The van der Waals surface area contributed by atoms with Crippen molar-refractivity contribution in [1.29, 1.82) is 0 Å². The molecule has 0 saturated carbocycles. The third kappa shape index (κ3) is 5.88. The highest BCUT2D eigenvalue weighted by atomic mass is 16.5. The number of carbonyl (C=O) groups is 2. The number of rotatable bonds is 7. The Morgan fingerprint density at radius 3 is 2.33 bits per heavy atom. The monoisotopic (exact) mass is 325 g/mol. The molecule has 126 valence electrons. The van der Waals surface area contributed by atoms with E-state index in [0.717, 1.165) is 24.0 Å². The Hall–Kier alpha value is -2.62. The van der Waals surface area contributed by atoms with Crippen molar-refractivity contribution in [3.05, 3.63) is 70.8 Å². The number of benzene rings is 2. The first kappa shape index (κ1) is 17.7. The Morgan fingerprint density at radius 2 is 1.67 bits per heavy atom.